The first-order chi connectivity index (χ1) is 8.95. The number of pyridine rings is 2. The molecule has 0 radical (unpaired) electrons. The van der Waals surface area contributed by atoms with Crippen LogP contribution in [0.25, 0.3) is 10.8 Å². The van der Waals surface area contributed by atoms with E-state index in [1.54, 1.807) is 19.3 Å². The van der Waals surface area contributed by atoms with E-state index < -0.39 is 0 Å². The minimum Gasteiger partial charge on any atom is -0.367 e. The van der Waals surface area contributed by atoms with Crippen LogP contribution in [-0.2, 0) is 6.54 Å². The largest absolute Gasteiger partial charge is 0.367 e. The maximum absolute atomic E-state index is 9.33. The molecule has 0 unspecified atom stereocenters. The first kappa shape index (κ1) is 14.0. The summed E-state index contributed by atoms with van der Waals surface area (Å²) in [5, 5.41) is 16.0. The number of hydroxylamine groups is 2. The minimum atomic E-state index is 0.254. The van der Waals surface area contributed by atoms with Crippen LogP contribution in [0, 0.1) is 0 Å². The van der Waals surface area contributed by atoms with E-state index in [2.05, 4.69) is 15.3 Å². The van der Waals surface area contributed by atoms with Crippen molar-refractivity contribution in [3.63, 3.8) is 0 Å². The lowest BCUT2D eigenvalue weighted by Gasteiger charge is -2.15. The third-order valence-electron chi connectivity index (χ3n) is 2.55. The van der Waals surface area contributed by atoms with Crippen molar-refractivity contribution in [3.8, 4) is 0 Å². The molecule has 2 heterocycles. The van der Waals surface area contributed by atoms with Crippen LogP contribution in [0.4, 0.5) is 5.82 Å². The molecule has 19 heavy (non-hydrogen) atoms. The van der Waals surface area contributed by atoms with E-state index in [1.807, 2.05) is 19.9 Å². The highest BCUT2D eigenvalue weighted by molar-refractivity contribution is 6.30. The van der Waals surface area contributed by atoms with Gasteiger partial charge >= 0.3 is 0 Å². The molecular formula is C13H17ClN4O. The van der Waals surface area contributed by atoms with Gasteiger partial charge < -0.3 is 10.5 Å². The lowest BCUT2D eigenvalue weighted by Crippen LogP contribution is -2.16. The van der Waals surface area contributed by atoms with E-state index in [1.165, 1.54) is 0 Å². The summed E-state index contributed by atoms with van der Waals surface area (Å²) in [6, 6.07) is 3.95. The van der Waals surface area contributed by atoms with Gasteiger partial charge in [-0.2, -0.15) is 5.06 Å². The summed E-state index contributed by atoms with van der Waals surface area (Å²) in [7, 11) is 1.58. The van der Waals surface area contributed by atoms with Crippen LogP contribution in [0.3, 0.4) is 0 Å². The Labute approximate surface area is 117 Å². The Morgan fingerprint density at radius 1 is 1.42 bits per heavy atom. The highest BCUT2D eigenvalue weighted by Gasteiger charge is 2.09. The summed E-state index contributed by atoms with van der Waals surface area (Å²) >= 11 is 5.94. The fraction of sp³-hybridized carbons (Fsp3) is 0.385. The summed E-state index contributed by atoms with van der Waals surface area (Å²) < 4.78 is 0. The Kier molecular flexibility index (Phi) is 4.19. The predicted octanol–water partition coefficient (Wildman–Crippen LogP) is 2.92. The van der Waals surface area contributed by atoms with Crippen LogP contribution in [-0.4, -0.2) is 33.3 Å². The average Bonchev–Trinajstić information content (AvgIpc) is 2.28. The molecule has 2 N–H and O–H groups in total. The van der Waals surface area contributed by atoms with Gasteiger partial charge in [-0.3, -0.25) is 0 Å². The lowest BCUT2D eigenvalue weighted by atomic mass is 10.1. The predicted molar refractivity (Wildman–Crippen MR) is 76.6 cm³/mol. The summed E-state index contributed by atoms with van der Waals surface area (Å²) in [4.78, 5) is 8.60. The Bertz CT molecular complexity index is 586. The fourth-order valence-electron chi connectivity index (χ4n) is 1.88. The second kappa shape index (κ2) is 5.69. The molecule has 0 saturated carbocycles. The van der Waals surface area contributed by atoms with E-state index >= 15 is 0 Å². The van der Waals surface area contributed by atoms with E-state index in [4.69, 9.17) is 11.6 Å². The summed E-state index contributed by atoms with van der Waals surface area (Å²) in [5.74, 6) is 0.758. The van der Waals surface area contributed by atoms with Gasteiger partial charge in [-0.1, -0.05) is 11.6 Å². The maximum atomic E-state index is 9.33. The highest BCUT2D eigenvalue weighted by atomic mass is 35.5. The third-order valence-corrected chi connectivity index (χ3v) is 2.76. The number of halogens is 1. The summed E-state index contributed by atoms with van der Waals surface area (Å²) in [5.41, 5.74) is 0.768. The molecule has 0 aliphatic rings. The van der Waals surface area contributed by atoms with Gasteiger partial charge in [-0.15, -0.1) is 0 Å². The van der Waals surface area contributed by atoms with Crippen molar-refractivity contribution >= 4 is 28.2 Å². The molecule has 6 heteroatoms. The molecule has 5 nitrogen and oxygen atoms in total. The highest BCUT2D eigenvalue weighted by Crippen LogP contribution is 2.25. The van der Waals surface area contributed by atoms with Crippen molar-refractivity contribution in [2.24, 2.45) is 0 Å². The second-order valence-corrected chi connectivity index (χ2v) is 5.19. The van der Waals surface area contributed by atoms with Crippen molar-refractivity contribution in [1.29, 1.82) is 0 Å². The first-order valence-corrected chi connectivity index (χ1v) is 6.45. The molecule has 2 aromatic rings. The molecule has 102 valence electrons. The van der Waals surface area contributed by atoms with Gasteiger partial charge in [-0.05, 0) is 26.0 Å². The van der Waals surface area contributed by atoms with Gasteiger partial charge in [-0.25, -0.2) is 9.97 Å². The number of hydrogen-bond donors (Lipinski definition) is 2. The van der Waals surface area contributed by atoms with Crippen LogP contribution in [0.5, 0.6) is 0 Å². The SMILES string of the molecule is CC(C)Nc1nc(CN(C)O)cc2cnc(Cl)cc12. The second-order valence-electron chi connectivity index (χ2n) is 4.81. The van der Waals surface area contributed by atoms with Crippen molar-refractivity contribution in [2.75, 3.05) is 12.4 Å². The molecular weight excluding hydrogens is 264 g/mol. The normalized spacial score (nSPS) is 11.5. The van der Waals surface area contributed by atoms with E-state index in [-0.39, 0.29) is 6.04 Å². The van der Waals surface area contributed by atoms with Gasteiger partial charge in [0.1, 0.15) is 11.0 Å². The standard InChI is InChI=1S/C13H17ClN4O/c1-8(2)16-13-11-5-12(14)15-6-9(11)4-10(17-13)7-18(3)19/h4-6,8,19H,7H2,1-3H3,(H,16,17). The smallest absolute Gasteiger partial charge is 0.134 e. The lowest BCUT2D eigenvalue weighted by molar-refractivity contribution is -0.0740. The topological polar surface area (TPSA) is 61.3 Å². The van der Waals surface area contributed by atoms with Gasteiger partial charge in [0.15, 0.2) is 0 Å². The van der Waals surface area contributed by atoms with E-state index in [0.29, 0.717) is 11.7 Å². The Hall–Kier alpha value is -1.43. The van der Waals surface area contributed by atoms with Crippen LogP contribution in [0.2, 0.25) is 5.15 Å². The van der Waals surface area contributed by atoms with Crippen molar-refractivity contribution in [1.82, 2.24) is 15.0 Å². The Morgan fingerprint density at radius 2 is 2.16 bits per heavy atom. The number of nitrogens with zero attached hydrogens (tertiary/aromatic N) is 3. The van der Waals surface area contributed by atoms with Crippen molar-refractivity contribution in [2.45, 2.75) is 26.4 Å². The molecule has 0 fully saturated rings. The zero-order chi connectivity index (χ0) is 14.0. The van der Waals surface area contributed by atoms with Crippen LogP contribution < -0.4 is 5.32 Å². The molecule has 0 spiro atoms. The number of nitrogens with one attached hydrogen (secondary N) is 1. The monoisotopic (exact) mass is 280 g/mol. The van der Waals surface area contributed by atoms with E-state index in [0.717, 1.165) is 27.3 Å². The van der Waals surface area contributed by atoms with Crippen molar-refractivity contribution < 1.29 is 5.21 Å². The summed E-state index contributed by atoms with van der Waals surface area (Å²) in [6.45, 7) is 4.44. The van der Waals surface area contributed by atoms with Gasteiger partial charge in [0, 0.05) is 30.1 Å². The number of aromatic nitrogens is 2. The molecule has 0 amide bonds. The van der Waals surface area contributed by atoms with Crippen LogP contribution in [0.15, 0.2) is 18.3 Å². The molecule has 0 aliphatic carbocycles. The number of rotatable bonds is 4. The Balaban J connectivity index is 2.55. The maximum Gasteiger partial charge on any atom is 0.134 e. The molecule has 2 aromatic heterocycles. The third kappa shape index (κ3) is 3.53. The zero-order valence-corrected chi connectivity index (χ0v) is 11.9. The number of anilines is 1. The molecule has 0 bridgehead atoms. The first-order valence-electron chi connectivity index (χ1n) is 6.07. The molecule has 2 rings (SSSR count). The molecule has 0 aliphatic heterocycles. The van der Waals surface area contributed by atoms with Gasteiger partial charge in [0.05, 0.1) is 12.2 Å². The summed E-state index contributed by atoms with van der Waals surface area (Å²) in [6.07, 6.45) is 1.71. The zero-order valence-electron chi connectivity index (χ0n) is 11.2. The van der Waals surface area contributed by atoms with Crippen LogP contribution >= 0.6 is 11.6 Å². The van der Waals surface area contributed by atoms with Crippen molar-refractivity contribution in [3.05, 3.63) is 29.2 Å². The van der Waals surface area contributed by atoms with Gasteiger partial charge in [0.2, 0.25) is 0 Å². The number of fused-ring (bicyclic) bond motifs is 1. The quantitative estimate of drug-likeness (QED) is 0.666. The van der Waals surface area contributed by atoms with E-state index in [9.17, 15) is 5.21 Å². The molecule has 0 saturated heterocycles. The molecule has 0 aromatic carbocycles. The average molecular weight is 281 g/mol. The minimum absolute atomic E-state index is 0.254. The molecule has 0 atom stereocenters. The fourth-order valence-corrected chi connectivity index (χ4v) is 2.03. The Morgan fingerprint density at radius 3 is 2.79 bits per heavy atom. The van der Waals surface area contributed by atoms with Gasteiger partial charge in [0.25, 0.3) is 0 Å². The van der Waals surface area contributed by atoms with Crippen LogP contribution in [0.1, 0.15) is 19.5 Å². The number of hydrogen-bond acceptors (Lipinski definition) is 5.